The number of thioether (sulfide) groups is 1. The topological polar surface area (TPSA) is 29.1 Å². The van der Waals surface area contributed by atoms with Crippen LogP contribution in [-0.4, -0.2) is 11.2 Å². The van der Waals surface area contributed by atoms with Gasteiger partial charge in [-0.2, -0.15) is 0 Å². The van der Waals surface area contributed by atoms with Crippen LogP contribution in [0.4, 0.5) is 5.69 Å². The average molecular weight is 371 g/mol. The van der Waals surface area contributed by atoms with Gasteiger partial charge >= 0.3 is 0 Å². The summed E-state index contributed by atoms with van der Waals surface area (Å²) in [5, 5.41) is 3.35. The Labute approximate surface area is 136 Å². The van der Waals surface area contributed by atoms with Crippen LogP contribution in [0.25, 0.3) is 0 Å². The molecule has 2 aromatic rings. The van der Waals surface area contributed by atoms with Gasteiger partial charge in [-0.1, -0.05) is 27.5 Å². The summed E-state index contributed by atoms with van der Waals surface area (Å²) in [4.78, 5) is 13.2. The number of hydrogen-bond acceptors (Lipinski definition) is 2. The first-order chi connectivity index (χ1) is 9.54. The molecular weight excluding hydrogens is 358 g/mol. The molecule has 0 aliphatic heterocycles. The smallest absolute Gasteiger partial charge is 0.237 e. The molecule has 0 fully saturated rings. The summed E-state index contributed by atoms with van der Waals surface area (Å²) in [6.45, 7) is 1.89. The lowest BCUT2D eigenvalue weighted by Gasteiger charge is -2.12. The van der Waals surface area contributed by atoms with Crippen LogP contribution in [-0.2, 0) is 4.79 Å². The second-order valence-corrected chi connectivity index (χ2v) is 6.98. The summed E-state index contributed by atoms with van der Waals surface area (Å²) < 4.78 is 1.03. The van der Waals surface area contributed by atoms with E-state index in [1.165, 1.54) is 11.8 Å². The standard InChI is InChI=1S/C15H13BrClNOS/c1-10(20-14-8-2-11(16)3-9-14)15(19)18-13-6-4-12(17)5-7-13/h2-10H,1H3,(H,18,19)/t10-/m1/s1. The SMILES string of the molecule is C[C@@H](Sc1ccc(Br)cc1)C(=O)Nc1ccc(Cl)cc1. The van der Waals surface area contributed by atoms with Crippen molar-refractivity contribution in [1.82, 2.24) is 0 Å². The molecule has 1 atom stereocenters. The molecule has 0 radical (unpaired) electrons. The lowest BCUT2D eigenvalue weighted by molar-refractivity contribution is -0.115. The zero-order chi connectivity index (χ0) is 14.5. The molecule has 0 aromatic heterocycles. The minimum atomic E-state index is -0.174. The molecule has 2 rings (SSSR count). The van der Waals surface area contributed by atoms with Crippen LogP contribution in [0, 0.1) is 0 Å². The molecule has 2 aromatic carbocycles. The number of rotatable bonds is 4. The van der Waals surface area contributed by atoms with Crippen LogP contribution in [0.15, 0.2) is 57.9 Å². The molecule has 0 saturated heterocycles. The first-order valence-corrected chi connectivity index (χ1v) is 8.08. The summed E-state index contributed by atoms with van der Waals surface area (Å²) >= 11 is 10.7. The lowest BCUT2D eigenvalue weighted by atomic mass is 10.3. The Morgan fingerprint density at radius 1 is 1.15 bits per heavy atom. The average Bonchev–Trinajstić information content (AvgIpc) is 2.44. The molecule has 2 nitrogen and oxygen atoms in total. The van der Waals surface area contributed by atoms with Crippen molar-refractivity contribution in [3.05, 3.63) is 58.0 Å². The van der Waals surface area contributed by atoms with Crippen molar-refractivity contribution in [2.24, 2.45) is 0 Å². The van der Waals surface area contributed by atoms with Gasteiger partial charge in [0, 0.05) is 20.1 Å². The van der Waals surface area contributed by atoms with Gasteiger partial charge in [-0.25, -0.2) is 0 Å². The molecule has 20 heavy (non-hydrogen) atoms. The predicted molar refractivity (Wildman–Crippen MR) is 89.5 cm³/mol. The molecule has 0 aliphatic carbocycles. The van der Waals surface area contributed by atoms with Crippen molar-refractivity contribution in [3.63, 3.8) is 0 Å². The Hall–Kier alpha value is -0.970. The van der Waals surface area contributed by atoms with E-state index >= 15 is 0 Å². The predicted octanol–water partition coefficient (Wildman–Crippen LogP) is 5.22. The zero-order valence-corrected chi connectivity index (χ0v) is 13.9. The van der Waals surface area contributed by atoms with E-state index in [4.69, 9.17) is 11.6 Å². The summed E-state index contributed by atoms with van der Waals surface area (Å²) in [5.74, 6) is -0.0276. The number of hydrogen-bond donors (Lipinski definition) is 1. The first kappa shape index (κ1) is 15.4. The van der Waals surface area contributed by atoms with E-state index in [0.29, 0.717) is 5.02 Å². The number of carbonyl (C=O) groups excluding carboxylic acids is 1. The Bertz CT molecular complexity index is 586. The summed E-state index contributed by atoms with van der Waals surface area (Å²) in [6, 6.07) is 15.0. The van der Waals surface area contributed by atoms with Gasteiger partial charge in [0.15, 0.2) is 0 Å². The zero-order valence-electron chi connectivity index (χ0n) is 10.8. The van der Waals surface area contributed by atoms with Gasteiger partial charge in [0.1, 0.15) is 0 Å². The number of anilines is 1. The van der Waals surface area contributed by atoms with E-state index in [2.05, 4.69) is 21.2 Å². The van der Waals surface area contributed by atoms with E-state index in [9.17, 15) is 4.79 Å². The Kier molecular flexibility index (Phi) is 5.52. The molecule has 1 N–H and O–H groups in total. The van der Waals surface area contributed by atoms with Crippen molar-refractivity contribution in [2.45, 2.75) is 17.1 Å². The molecule has 0 heterocycles. The largest absolute Gasteiger partial charge is 0.325 e. The third-order valence-corrected chi connectivity index (χ3v) is 4.50. The molecule has 104 valence electrons. The molecule has 0 unspecified atom stereocenters. The van der Waals surface area contributed by atoms with Crippen LogP contribution in [0.1, 0.15) is 6.92 Å². The summed E-state index contributed by atoms with van der Waals surface area (Å²) in [7, 11) is 0. The Balaban J connectivity index is 1.94. The quantitative estimate of drug-likeness (QED) is 0.747. The summed E-state index contributed by atoms with van der Waals surface area (Å²) in [5.41, 5.74) is 0.752. The van der Waals surface area contributed by atoms with E-state index < -0.39 is 0 Å². The molecule has 1 amide bonds. The first-order valence-electron chi connectivity index (χ1n) is 6.03. The van der Waals surface area contributed by atoms with E-state index in [1.54, 1.807) is 24.3 Å². The third kappa shape index (κ3) is 4.54. The Morgan fingerprint density at radius 3 is 2.35 bits per heavy atom. The van der Waals surface area contributed by atoms with Crippen molar-refractivity contribution in [1.29, 1.82) is 0 Å². The highest BCUT2D eigenvalue weighted by molar-refractivity contribution is 9.10. The van der Waals surface area contributed by atoms with Crippen molar-refractivity contribution < 1.29 is 4.79 Å². The number of amides is 1. The number of benzene rings is 2. The molecule has 0 saturated carbocycles. The van der Waals surface area contributed by atoms with Crippen LogP contribution in [0.3, 0.4) is 0 Å². The second kappa shape index (κ2) is 7.16. The van der Waals surface area contributed by atoms with Crippen LogP contribution >= 0.6 is 39.3 Å². The molecule has 0 aliphatic rings. The fraction of sp³-hybridized carbons (Fsp3) is 0.133. The van der Waals surface area contributed by atoms with Gasteiger partial charge in [0.25, 0.3) is 0 Å². The molecule has 5 heteroatoms. The van der Waals surface area contributed by atoms with Crippen LogP contribution in [0.2, 0.25) is 5.02 Å². The van der Waals surface area contributed by atoms with Crippen LogP contribution < -0.4 is 5.32 Å². The minimum Gasteiger partial charge on any atom is -0.325 e. The molecular formula is C15H13BrClNOS. The third-order valence-electron chi connectivity index (χ3n) is 2.61. The van der Waals surface area contributed by atoms with Gasteiger partial charge in [-0.15, -0.1) is 11.8 Å². The van der Waals surface area contributed by atoms with Gasteiger partial charge in [0.2, 0.25) is 5.91 Å². The number of halogens is 2. The maximum Gasteiger partial charge on any atom is 0.237 e. The fourth-order valence-corrected chi connectivity index (χ4v) is 2.81. The number of nitrogens with one attached hydrogen (secondary N) is 1. The lowest BCUT2D eigenvalue weighted by Crippen LogP contribution is -2.22. The van der Waals surface area contributed by atoms with Crippen molar-refractivity contribution >= 4 is 50.9 Å². The second-order valence-electron chi connectivity index (χ2n) is 4.21. The fourth-order valence-electron chi connectivity index (χ4n) is 1.55. The van der Waals surface area contributed by atoms with Gasteiger partial charge in [0.05, 0.1) is 5.25 Å². The minimum absolute atomic E-state index is 0.0276. The molecule has 0 bridgehead atoms. The highest BCUT2D eigenvalue weighted by atomic mass is 79.9. The monoisotopic (exact) mass is 369 g/mol. The van der Waals surface area contributed by atoms with Gasteiger partial charge < -0.3 is 5.32 Å². The van der Waals surface area contributed by atoms with Crippen molar-refractivity contribution in [2.75, 3.05) is 5.32 Å². The van der Waals surface area contributed by atoms with E-state index in [0.717, 1.165) is 15.1 Å². The van der Waals surface area contributed by atoms with E-state index in [-0.39, 0.29) is 11.2 Å². The van der Waals surface area contributed by atoms with Gasteiger partial charge in [-0.05, 0) is 55.5 Å². The highest BCUT2D eigenvalue weighted by Gasteiger charge is 2.14. The number of carbonyl (C=O) groups is 1. The molecule has 0 spiro atoms. The van der Waals surface area contributed by atoms with Gasteiger partial charge in [-0.3, -0.25) is 4.79 Å². The van der Waals surface area contributed by atoms with E-state index in [1.807, 2.05) is 31.2 Å². The van der Waals surface area contributed by atoms with Crippen LogP contribution in [0.5, 0.6) is 0 Å². The highest BCUT2D eigenvalue weighted by Crippen LogP contribution is 2.25. The normalized spacial score (nSPS) is 11.9. The maximum atomic E-state index is 12.1. The summed E-state index contributed by atoms with van der Waals surface area (Å²) in [6.07, 6.45) is 0. The van der Waals surface area contributed by atoms with Crippen molar-refractivity contribution in [3.8, 4) is 0 Å². The Morgan fingerprint density at radius 2 is 1.75 bits per heavy atom. The maximum absolute atomic E-state index is 12.1.